The number of nitrogens with zero attached hydrogens (tertiary/aromatic N) is 4. The van der Waals surface area contributed by atoms with Gasteiger partial charge in [0, 0.05) is 8.99 Å². The van der Waals surface area contributed by atoms with E-state index in [0.717, 1.165) is 15.1 Å². The zero-order chi connectivity index (χ0) is 12.6. The predicted molar refractivity (Wildman–Crippen MR) is 75.6 cm³/mol. The van der Waals surface area contributed by atoms with Crippen molar-refractivity contribution in [3.63, 3.8) is 0 Å². The van der Waals surface area contributed by atoms with Crippen LogP contribution in [-0.4, -0.2) is 20.2 Å². The van der Waals surface area contributed by atoms with E-state index < -0.39 is 0 Å². The summed E-state index contributed by atoms with van der Waals surface area (Å²) >= 11 is 8.44. The maximum atomic E-state index is 6.22. The molecule has 0 aliphatic rings. The van der Waals surface area contributed by atoms with Crippen molar-refractivity contribution in [1.82, 2.24) is 20.2 Å². The first-order chi connectivity index (χ1) is 7.89. The lowest BCUT2D eigenvalue weighted by atomic mass is 9.96. The van der Waals surface area contributed by atoms with Crippen LogP contribution in [0.25, 0.3) is 5.69 Å². The van der Waals surface area contributed by atoms with Gasteiger partial charge >= 0.3 is 0 Å². The van der Waals surface area contributed by atoms with Gasteiger partial charge in [-0.1, -0.05) is 32.4 Å². The highest BCUT2D eigenvalue weighted by molar-refractivity contribution is 14.1. The second kappa shape index (κ2) is 4.53. The second-order valence-electron chi connectivity index (χ2n) is 4.76. The minimum atomic E-state index is -0.129. The molecule has 0 aliphatic heterocycles. The van der Waals surface area contributed by atoms with E-state index in [0.29, 0.717) is 5.02 Å². The summed E-state index contributed by atoms with van der Waals surface area (Å²) in [6.45, 7) is 6.20. The molecule has 0 amide bonds. The quantitative estimate of drug-likeness (QED) is 0.732. The van der Waals surface area contributed by atoms with E-state index >= 15 is 0 Å². The lowest BCUT2D eigenvalue weighted by Gasteiger charge is -2.17. The molecule has 0 saturated heterocycles. The van der Waals surface area contributed by atoms with Crippen molar-refractivity contribution in [2.45, 2.75) is 26.2 Å². The summed E-state index contributed by atoms with van der Waals surface area (Å²) in [6, 6.07) is 5.80. The van der Waals surface area contributed by atoms with Crippen molar-refractivity contribution < 1.29 is 0 Å². The standard InChI is InChI=1S/C11H12ClIN4/c1-11(2,3)10-14-15-16-17(10)9-5-4-7(13)6-8(9)12/h4-6H,1-3H3. The van der Waals surface area contributed by atoms with Crippen molar-refractivity contribution in [3.8, 4) is 5.69 Å². The van der Waals surface area contributed by atoms with Gasteiger partial charge in [-0.15, -0.1) is 5.10 Å². The summed E-state index contributed by atoms with van der Waals surface area (Å²) in [5.41, 5.74) is 0.678. The maximum absolute atomic E-state index is 6.22. The lowest BCUT2D eigenvalue weighted by Crippen LogP contribution is -2.19. The lowest BCUT2D eigenvalue weighted by molar-refractivity contribution is 0.526. The Morgan fingerprint density at radius 1 is 1.29 bits per heavy atom. The molecule has 0 unspecified atom stereocenters. The fraction of sp³-hybridized carbons (Fsp3) is 0.364. The highest BCUT2D eigenvalue weighted by Crippen LogP contribution is 2.26. The smallest absolute Gasteiger partial charge is 0.162 e. The molecule has 0 radical (unpaired) electrons. The first-order valence-corrected chi connectivity index (χ1v) is 6.59. The Labute approximate surface area is 118 Å². The van der Waals surface area contributed by atoms with Crippen LogP contribution in [0.2, 0.25) is 5.02 Å². The van der Waals surface area contributed by atoms with E-state index in [4.69, 9.17) is 11.6 Å². The third kappa shape index (κ3) is 2.60. The number of tetrazole rings is 1. The Bertz CT molecular complexity index is 545. The topological polar surface area (TPSA) is 43.6 Å². The minimum Gasteiger partial charge on any atom is -0.195 e. The van der Waals surface area contributed by atoms with Gasteiger partial charge in [0.25, 0.3) is 0 Å². The Kier molecular flexibility index (Phi) is 3.40. The molecular formula is C11H12ClIN4. The number of hydrogen-bond acceptors (Lipinski definition) is 3. The van der Waals surface area contributed by atoms with Gasteiger partial charge in [0.05, 0.1) is 10.7 Å². The van der Waals surface area contributed by atoms with Gasteiger partial charge in [-0.25, -0.2) is 0 Å². The summed E-state index contributed by atoms with van der Waals surface area (Å²) in [7, 11) is 0. The van der Waals surface area contributed by atoms with Crippen LogP contribution in [0.4, 0.5) is 0 Å². The molecule has 1 aromatic carbocycles. The van der Waals surface area contributed by atoms with E-state index in [9.17, 15) is 0 Å². The summed E-state index contributed by atoms with van der Waals surface area (Å²) in [6.07, 6.45) is 0. The zero-order valence-corrected chi connectivity index (χ0v) is 12.7. The summed E-state index contributed by atoms with van der Waals surface area (Å²) in [5.74, 6) is 0.792. The second-order valence-corrected chi connectivity index (χ2v) is 6.41. The molecule has 2 aromatic rings. The Balaban J connectivity index is 2.58. The molecule has 0 aliphatic carbocycles. The highest BCUT2D eigenvalue weighted by Gasteiger charge is 2.23. The molecule has 17 heavy (non-hydrogen) atoms. The number of halogens is 2. The highest BCUT2D eigenvalue weighted by atomic mass is 127. The molecule has 0 N–H and O–H groups in total. The van der Waals surface area contributed by atoms with Crippen LogP contribution in [0.15, 0.2) is 18.2 Å². The Morgan fingerprint density at radius 2 is 2.00 bits per heavy atom. The van der Waals surface area contributed by atoms with E-state index in [1.807, 2.05) is 18.2 Å². The van der Waals surface area contributed by atoms with Crippen molar-refractivity contribution in [1.29, 1.82) is 0 Å². The van der Waals surface area contributed by atoms with Gasteiger partial charge in [0.15, 0.2) is 5.82 Å². The molecule has 0 atom stereocenters. The van der Waals surface area contributed by atoms with E-state index in [-0.39, 0.29) is 5.41 Å². The number of hydrogen-bond donors (Lipinski definition) is 0. The molecule has 1 aromatic heterocycles. The van der Waals surface area contributed by atoms with Gasteiger partial charge < -0.3 is 0 Å². The van der Waals surface area contributed by atoms with Crippen molar-refractivity contribution in [3.05, 3.63) is 32.6 Å². The van der Waals surface area contributed by atoms with Crippen LogP contribution < -0.4 is 0 Å². The number of rotatable bonds is 1. The Morgan fingerprint density at radius 3 is 2.59 bits per heavy atom. The normalized spacial score (nSPS) is 11.8. The van der Waals surface area contributed by atoms with Gasteiger partial charge in [-0.2, -0.15) is 4.68 Å². The van der Waals surface area contributed by atoms with Crippen LogP contribution in [-0.2, 0) is 5.41 Å². The summed E-state index contributed by atoms with van der Waals surface area (Å²) in [5, 5.41) is 12.5. The molecule has 0 spiro atoms. The van der Waals surface area contributed by atoms with Gasteiger partial charge in [-0.05, 0) is 51.2 Å². The monoisotopic (exact) mass is 362 g/mol. The van der Waals surface area contributed by atoms with E-state index in [2.05, 4.69) is 58.9 Å². The largest absolute Gasteiger partial charge is 0.195 e. The minimum absolute atomic E-state index is 0.129. The zero-order valence-electron chi connectivity index (χ0n) is 9.78. The SMILES string of the molecule is CC(C)(C)c1nnnn1-c1ccc(I)cc1Cl. The molecule has 1 heterocycles. The number of benzene rings is 1. The average molecular weight is 363 g/mol. The van der Waals surface area contributed by atoms with Crippen LogP contribution in [0.1, 0.15) is 26.6 Å². The molecule has 6 heteroatoms. The maximum Gasteiger partial charge on any atom is 0.162 e. The predicted octanol–water partition coefficient (Wildman–Crippen LogP) is 3.22. The molecule has 0 bridgehead atoms. The van der Waals surface area contributed by atoms with Crippen molar-refractivity contribution >= 4 is 34.2 Å². The van der Waals surface area contributed by atoms with Crippen LogP contribution in [0, 0.1) is 3.57 Å². The number of aromatic nitrogens is 4. The summed E-state index contributed by atoms with van der Waals surface area (Å²) < 4.78 is 2.78. The van der Waals surface area contributed by atoms with Crippen molar-refractivity contribution in [2.75, 3.05) is 0 Å². The van der Waals surface area contributed by atoms with Gasteiger partial charge in [0.2, 0.25) is 0 Å². The van der Waals surface area contributed by atoms with Crippen LogP contribution in [0.5, 0.6) is 0 Å². The van der Waals surface area contributed by atoms with E-state index in [1.165, 1.54) is 0 Å². The van der Waals surface area contributed by atoms with Gasteiger partial charge in [0.1, 0.15) is 0 Å². The van der Waals surface area contributed by atoms with E-state index in [1.54, 1.807) is 4.68 Å². The first kappa shape index (κ1) is 12.8. The molecule has 90 valence electrons. The average Bonchev–Trinajstić information content (AvgIpc) is 2.65. The van der Waals surface area contributed by atoms with Crippen molar-refractivity contribution in [2.24, 2.45) is 0 Å². The van der Waals surface area contributed by atoms with Gasteiger partial charge in [-0.3, -0.25) is 0 Å². The molecule has 2 rings (SSSR count). The third-order valence-electron chi connectivity index (χ3n) is 2.28. The summed E-state index contributed by atoms with van der Waals surface area (Å²) in [4.78, 5) is 0. The fourth-order valence-corrected chi connectivity index (χ4v) is 2.41. The molecule has 0 fully saturated rings. The van der Waals surface area contributed by atoms with Crippen LogP contribution in [0.3, 0.4) is 0 Å². The third-order valence-corrected chi connectivity index (χ3v) is 3.25. The molecule has 0 saturated carbocycles. The Hall–Kier alpha value is -0.690. The van der Waals surface area contributed by atoms with Crippen LogP contribution >= 0.6 is 34.2 Å². The molecule has 4 nitrogen and oxygen atoms in total. The molecular weight excluding hydrogens is 351 g/mol. The fourth-order valence-electron chi connectivity index (χ4n) is 1.47. The first-order valence-electron chi connectivity index (χ1n) is 5.14.